The first-order chi connectivity index (χ1) is 21.9. The number of aryl methyl sites for hydroxylation is 1. The largest absolute Gasteiger partial charge is 0.475 e. The molecule has 0 spiro atoms. The highest BCUT2D eigenvalue weighted by atomic mass is 19.1. The molecule has 2 aromatic carbocycles. The molecule has 8 nitrogen and oxygen atoms in total. The Hall–Kier alpha value is -3.70. The van der Waals surface area contributed by atoms with Crippen LogP contribution in [0.15, 0.2) is 30.3 Å². The number of pyridine rings is 1. The second-order valence-corrected chi connectivity index (χ2v) is 13.4. The number of rotatable bonds is 5. The monoisotopic (exact) mass is 616 g/mol. The zero-order chi connectivity index (χ0) is 30.4. The Kier molecular flexibility index (Phi) is 6.23. The fraction of sp³-hybridized carbons (Fsp3) is 0.500. The molecule has 5 aliphatic heterocycles. The second-order valence-electron chi connectivity index (χ2n) is 13.4. The van der Waals surface area contributed by atoms with Crippen LogP contribution in [0.4, 0.5) is 19.0 Å². The van der Waals surface area contributed by atoms with Crippen LogP contribution in [-0.2, 0) is 6.42 Å². The Morgan fingerprint density at radius 2 is 2.00 bits per heavy atom. The van der Waals surface area contributed by atoms with Gasteiger partial charge in [0.15, 0.2) is 5.82 Å². The first-order valence-electron chi connectivity index (χ1n) is 16.2. The van der Waals surface area contributed by atoms with Crippen LogP contribution in [0.3, 0.4) is 0 Å². The highest BCUT2D eigenvalue weighted by Crippen LogP contribution is 2.45. The minimum Gasteiger partial charge on any atom is -0.475 e. The minimum atomic E-state index is -0.891. The smallest absolute Gasteiger partial charge is 0.319 e. The summed E-state index contributed by atoms with van der Waals surface area (Å²) >= 11 is 0. The number of nitrogens with zero attached hydrogens (tertiary/aromatic N) is 5. The molecule has 0 amide bonds. The van der Waals surface area contributed by atoms with Gasteiger partial charge in [0, 0.05) is 37.2 Å². The standard InChI is InChI=1S/C34H35F3N6O2/c1-2-21-23(36)9-7-18-5-3-6-22(26(18)21)29-28(37)30-27-31(43-15-20-8-10-24(38-20)25(43)16-44-32(27)39-29)41-33(40-30)45-17-34-11-4-12-42(34)14-19(35)13-34/h3,5-7,9,19-20,24-25,38H,2,4,8,10-17H2,1H3/t19-,20+,24-,25?,34+/m1/s1. The van der Waals surface area contributed by atoms with E-state index in [4.69, 9.17) is 19.4 Å². The van der Waals surface area contributed by atoms with Gasteiger partial charge in [-0.3, -0.25) is 4.90 Å². The fourth-order valence-electron chi connectivity index (χ4n) is 8.78. The van der Waals surface area contributed by atoms with E-state index in [-0.39, 0.29) is 47.6 Å². The summed E-state index contributed by atoms with van der Waals surface area (Å²) in [5, 5.41) is 5.54. The number of nitrogens with one attached hydrogen (secondary N) is 1. The molecular formula is C34H35F3N6O2. The fourth-order valence-corrected chi connectivity index (χ4v) is 8.78. The summed E-state index contributed by atoms with van der Waals surface area (Å²) in [4.78, 5) is 18.8. The van der Waals surface area contributed by atoms with Gasteiger partial charge in [-0.15, -0.1) is 0 Å². The zero-order valence-electron chi connectivity index (χ0n) is 25.2. The normalized spacial score (nSPS) is 28.8. The van der Waals surface area contributed by atoms with E-state index in [1.165, 1.54) is 6.07 Å². The molecule has 4 saturated heterocycles. The number of hydrogen-bond acceptors (Lipinski definition) is 8. The molecule has 2 bridgehead atoms. The van der Waals surface area contributed by atoms with E-state index in [2.05, 4.69) is 20.1 Å². The van der Waals surface area contributed by atoms with Crippen molar-refractivity contribution in [3.8, 4) is 23.1 Å². The highest BCUT2D eigenvalue weighted by Gasteiger charge is 2.50. The summed E-state index contributed by atoms with van der Waals surface area (Å²) in [6.07, 6.45) is 3.85. The summed E-state index contributed by atoms with van der Waals surface area (Å²) in [6.45, 7) is 4.42. The maximum Gasteiger partial charge on any atom is 0.319 e. The van der Waals surface area contributed by atoms with Crippen molar-refractivity contribution in [3.05, 3.63) is 47.5 Å². The van der Waals surface area contributed by atoms with Gasteiger partial charge in [-0.1, -0.05) is 31.2 Å². The lowest BCUT2D eigenvalue weighted by Gasteiger charge is -2.40. The van der Waals surface area contributed by atoms with Crippen LogP contribution >= 0.6 is 0 Å². The van der Waals surface area contributed by atoms with Crippen molar-refractivity contribution in [2.45, 2.75) is 75.3 Å². The van der Waals surface area contributed by atoms with Crippen molar-refractivity contribution in [1.29, 1.82) is 0 Å². The van der Waals surface area contributed by atoms with E-state index in [1.807, 2.05) is 19.1 Å². The number of ether oxygens (including phenoxy) is 2. The van der Waals surface area contributed by atoms with E-state index >= 15 is 8.78 Å². The molecule has 0 saturated carbocycles. The molecular weight excluding hydrogens is 581 g/mol. The summed E-state index contributed by atoms with van der Waals surface area (Å²) < 4.78 is 59.3. The number of anilines is 1. The van der Waals surface area contributed by atoms with Crippen molar-refractivity contribution in [2.24, 2.45) is 0 Å². The molecule has 1 N–H and O–H groups in total. The minimum absolute atomic E-state index is 0.0280. The average molecular weight is 617 g/mol. The summed E-state index contributed by atoms with van der Waals surface area (Å²) in [6, 6.07) is 9.19. The number of benzene rings is 2. The van der Waals surface area contributed by atoms with Gasteiger partial charge in [-0.05, 0) is 61.1 Å². The molecule has 4 aromatic rings. The number of halogens is 3. The van der Waals surface area contributed by atoms with E-state index in [1.54, 1.807) is 12.1 Å². The molecule has 5 atom stereocenters. The first-order valence-corrected chi connectivity index (χ1v) is 16.2. The maximum atomic E-state index is 17.0. The van der Waals surface area contributed by atoms with Gasteiger partial charge in [0.25, 0.3) is 0 Å². The van der Waals surface area contributed by atoms with Crippen LogP contribution in [0.5, 0.6) is 11.9 Å². The lowest BCUT2D eigenvalue weighted by Crippen LogP contribution is -2.60. The van der Waals surface area contributed by atoms with Gasteiger partial charge in [0.1, 0.15) is 47.6 Å². The first kappa shape index (κ1) is 27.6. The molecule has 5 aliphatic rings. The number of alkyl halides is 1. The average Bonchev–Trinajstić information content (AvgIpc) is 3.68. The van der Waals surface area contributed by atoms with Gasteiger partial charge in [-0.2, -0.15) is 9.97 Å². The molecule has 1 unspecified atom stereocenters. The molecule has 11 heteroatoms. The van der Waals surface area contributed by atoms with Crippen molar-refractivity contribution in [3.63, 3.8) is 0 Å². The topological polar surface area (TPSA) is 75.6 Å². The number of piperazine rings is 1. The second kappa shape index (κ2) is 10.2. The van der Waals surface area contributed by atoms with Crippen molar-refractivity contribution < 1.29 is 22.6 Å². The third kappa shape index (κ3) is 4.15. The molecule has 0 aliphatic carbocycles. The van der Waals surface area contributed by atoms with E-state index < -0.39 is 17.5 Å². The molecule has 2 aromatic heterocycles. The van der Waals surface area contributed by atoms with Crippen LogP contribution in [0.25, 0.3) is 32.9 Å². The van der Waals surface area contributed by atoms with Crippen LogP contribution in [0.2, 0.25) is 0 Å². The van der Waals surface area contributed by atoms with Gasteiger partial charge < -0.3 is 19.7 Å². The molecule has 234 valence electrons. The Morgan fingerprint density at radius 3 is 2.89 bits per heavy atom. The lowest BCUT2D eigenvalue weighted by atomic mass is 9.95. The Morgan fingerprint density at radius 1 is 1.09 bits per heavy atom. The van der Waals surface area contributed by atoms with Gasteiger partial charge in [0.05, 0.1) is 11.6 Å². The van der Waals surface area contributed by atoms with Crippen LogP contribution in [0.1, 0.15) is 44.6 Å². The SMILES string of the molecule is CCc1c(F)ccc2cccc(-c3nc4c5c(nc(OC[C@@]67CCCN6C[C@H](F)C7)nc5c3F)N3C[C@@H]5CC[C@@H](N5)C3CO4)c12. The van der Waals surface area contributed by atoms with E-state index in [0.29, 0.717) is 66.3 Å². The Labute approximate surface area is 258 Å². The lowest BCUT2D eigenvalue weighted by molar-refractivity contribution is 0.107. The molecule has 0 radical (unpaired) electrons. The zero-order valence-corrected chi connectivity index (χ0v) is 25.2. The van der Waals surface area contributed by atoms with E-state index in [9.17, 15) is 4.39 Å². The van der Waals surface area contributed by atoms with E-state index in [0.717, 1.165) is 37.6 Å². The quantitative estimate of drug-likeness (QED) is 0.322. The van der Waals surface area contributed by atoms with Crippen LogP contribution in [-0.4, -0.2) is 82.5 Å². The van der Waals surface area contributed by atoms with Gasteiger partial charge in [-0.25, -0.2) is 18.2 Å². The summed E-state index contributed by atoms with van der Waals surface area (Å²) in [5.74, 6) is -0.156. The third-order valence-electron chi connectivity index (χ3n) is 10.9. The Balaban J connectivity index is 1.23. The van der Waals surface area contributed by atoms with Gasteiger partial charge in [0.2, 0.25) is 5.88 Å². The highest BCUT2D eigenvalue weighted by molar-refractivity contribution is 6.02. The molecule has 9 rings (SSSR count). The summed E-state index contributed by atoms with van der Waals surface area (Å²) in [5.41, 5.74) is 0.695. The van der Waals surface area contributed by atoms with Crippen LogP contribution < -0.4 is 19.7 Å². The van der Waals surface area contributed by atoms with Crippen molar-refractivity contribution >= 4 is 27.5 Å². The Bertz CT molecular complexity index is 1860. The predicted molar refractivity (Wildman–Crippen MR) is 165 cm³/mol. The number of aromatic nitrogens is 3. The summed E-state index contributed by atoms with van der Waals surface area (Å²) in [7, 11) is 0. The predicted octanol–water partition coefficient (Wildman–Crippen LogP) is 5.34. The third-order valence-corrected chi connectivity index (χ3v) is 10.9. The number of hydrogen-bond donors (Lipinski definition) is 1. The van der Waals surface area contributed by atoms with Gasteiger partial charge >= 0.3 is 6.01 Å². The molecule has 7 heterocycles. The molecule has 4 fully saturated rings. The maximum absolute atomic E-state index is 17.0. The number of fused-ring (bicyclic) bond motifs is 7. The van der Waals surface area contributed by atoms with Crippen molar-refractivity contribution in [1.82, 2.24) is 25.2 Å². The van der Waals surface area contributed by atoms with Crippen LogP contribution in [0, 0.1) is 11.6 Å². The van der Waals surface area contributed by atoms with Crippen molar-refractivity contribution in [2.75, 3.05) is 37.7 Å². The molecule has 45 heavy (non-hydrogen) atoms.